The van der Waals surface area contributed by atoms with Crippen molar-refractivity contribution in [2.75, 3.05) is 6.61 Å². The minimum Gasteiger partial charge on any atom is -0.460 e. The first-order chi connectivity index (χ1) is 6.22. The van der Waals surface area contributed by atoms with Crippen LogP contribution in [-0.4, -0.2) is 31.1 Å². The fourth-order valence-electron chi connectivity index (χ4n) is 1.40. The molecule has 4 heteroatoms. The molecule has 1 aliphatic heterocycles. The van der Waals surface area contributed by atoms with Gasteiger partial charge in [-0.05, 0) is 12.8 Å². The number of rotatable bonds is 3. The van der Waals surface area contributed by atoms with Gasteiger partial charge in [0, 0.05) is 13.3 Å². The Morgan fingerprint density at radius 2 is 2.38 bits per heavy atom. The van der Waals surface area contributed by atoms with Crippen LogP contribution in [0.1, 0.15) is 26.2 Å². The molecular formula is C9H14O4. The summed E-state index contributed by atoms with van der Waals surface area (Å²) in [5.41, 5.74) is 0. The second-order valence-electron chi connectivity index (χ2n) is 3.17. The molecule has 0 saturated carbocycles. The number of carbonyl (C=O) groups excluding carboxylic acids is 2. The van der Waals surface area contributed by atoms with Gasteiger partial charge in [0.15, 0.2) is 0 Å². The lowest BCUT2D eigenvalue weighted by Gasteiger charge is -2.27. The molecule has 0 bridgehead atoms. The molecule has 0 aromatic rings. The van der Waals surface area contributed by atoms with Crippen LogP contribution in [0.3, 0.4) is 0 Å². The van der Waals surface area contributed by atoms with Gasteiger partial charge in [-0.25, -0.2) is 0 Å². The van der Waals surface area contributed by atoms with E-state index in [-0.39, 0.29) is 18.2 Å². The van der Waals surface area contributed by atoms with Crippen LogP contribution in [0, 0.1) is 0 Å². The molecule has 0 N–H and O–H groups in total. The molecule has 4 nitrogen and oxygen atoms in total. The van der Waals surface area contributed by atoms with E-state index < -0.39 is 0 Å². The number of hydrogen-bond acceptors (Lipinski definition) is 4. The first-order valence-electron chi connectivity index (χ1n) is 4.45. The fraction of sp³-hybridized carbons (Fsp3) is 0.778. The maximum Gasteiger partial charge on any atom is 0.302 e. The molecule has 2 unspecified atom stereocenters. The second kappa shape index (κ2) is 4.97. The molecule has 0 aliphatic carbocycles. The lowest BCUT2D eigenvalue weighted by atomic mass is 10.1. The zero-order valence-corrected chi connectivity index (χ0v) is 7.69. The molecule has 1 aliphatic rings. The summed E-state index contributed by atoms with van der Waals surface area (Å²) >= 11 is 0. The van der Waals surface area contributed by atoms with Crippen LogP contribution in [0.5, 0.6) is 0 Å². The van der Waals surface area contributed by atoms with Gasteiger partial charge in [-0.1, -0.05) is 0 Å². The summed E-state index contributed by atoms with van der Waals surface area (Å²) < 4.78 is 10.3. The van der Waals surface area contributed by atoms with Gasteiger partial charge in [0.05, 0.1) is 12.7 Å². The predicted molar refractivity (Wildman–Crippen MR) is 45.2 cm³/mol. The number of esters is 1. The van der Waals surface area contributed by atoms with E-state index >= 15 is 0 Å². The van der Waals surface area contributed by atoms with Crippen LogP contribution in [0.2, 0.25) is 0 Å². The Bertz CT molecular complexity index is 182. The van der Waals surface area contributed by atoms with Gasteiger partial charge >= 0.3 is 5.97 Å². The molecule has 0 aromatic carbocycles. The van der Waals surface area contributed by atoms with Crippen molar-refractivity contribution in [2.45, 2.75) is 38.4 Å². The van der Waals surface area contributed by atoms with Crippen LogP contribution < -0.4 is 0 Å². The molecule has 0 radical (unpaired) electrons. The molecule has 0 aromatic heterocycles. The molecule has 74 valence electrons. The van der Waals surface area contributed by atoms with Crippen LogP contribution in [0.15, 0.2) is 0 Å². The molecule has 1 fully saturated rings. The van der Waals surface area contributed by atoms with E-state index in [1.54, 1.807) is 0 Å². The van der Waals surface area contributed by atoms with E-state index in [1.807, 2.05) is 0 Å². The smallest absolute Gasteiger partial charge is 0.302 e. The Hall–Kier alpha value is -0.900. The first-order valence-corrected chi connectivity index (χ1v) is 4.45. The van der Waals surface area contributed by atoms with Gasteiger partial charge in [0.25, 0.3) is 0 Å². The maximum absolute atomic E-state index is 10.6. The molecular weight excluding hydrogens is 172 g/mol. The summed E-state index contributed by atoms with van der Waals surface area (Å²) in [7, 11) is 0. The summed E-state index contributed by atoms with van der Waals surface area (Å²) in [5, 5.41) is 0. The topological polar surface area (TPSA) is 52.6 Å². The zero-order valence-electron chi connectivity index (χ0n) is 7.69. The van der Waals surface area contributed by atoms with E-state index in [1.165, 1.54) is 6.92 Å². The van der Waals surface area contributed by atoms with Crippen molar-refractivity contribution < 1.29 is 19.1 Å². The lowest BCUT2D eigenvalue weighted by molar-refractivity contribution is -0.156. The fourth-order valence-corrected chi connectivity index (χ4v) is 1.40. The standard InChI is InChI=1S/C9H14O4/c1-7(11)13-9-3-2-8(4-5-10)12-6-9/h5,8-9H,2-4,6H2,1H3. The molecule has 13 heavy (non-hydrogen) atoms. The van der Waals surface area contributed by atoms with E-state index in [0.29, 0.717) is 13.0 Å². The van der Waals surface area contributed by atoms with Crippen LogP contribution in [-0.2, 0) is 19.1 Å². The highest BCUT2D eigenvalue weighted by Gasteiger charge is 2.22. The minimum atomic E-state index is -0.276. The van der Waals surface area contributed by atoms with Gasteiger partial charge in [0.2, 0.25) is 0 Å². The van der Waals surface area contributed by atoms with Crippen molar-refractivity contribution in [2.24, 2.45) is 0 Å². The third kappa shape index (κ3) is 3.55. The summed E-state index contributed by atoms with van der Waals surface area (Å²) in [6.07, 6.45) is 2.77. The van der Waals surface area contributed by atoms with Crippen molar-refractivity contribution >= 4 is 12.3 Å². The molecule has 2 atom stereocenters. The second-order valence-corrected chi connectivity index (χ2v) is 3.17. The molecule has 1 saturated heterocycles. The number of carbonyl (C=O) groups is 2. The monoisotopic (exact) mass is 186 g/mol. The highest BCUT2D eigenvalue weighted by Crippen LogP contribution is 2.17. The Labute approximate surface area is 77.2 Å². The van der Waals surface area contributed by atoms with E-state index in [4.69, 9.17) is 9.47 Å². The Balaban J connectivity index is 2.22. The highest BCUT2D eigenvalue weighted by molar-refractivity contribution is 5.66. The van der Waals surface area contributed by atoms with Crippen molar-refractivity contribution in [1.82, 2.24) is 0 Å². The van der Waals surface area contributed by atoms with Gasteiger partial charge in [-0.15, -0.1) is 0 Å². The summed E-state index contributed by atoms with van der Waals surface area (Å²) in [4.78, 5) is 20.8. The molecule has 1 heterocycles. The maximum atomic E-state index is 10.6. The lowest BCUT2D eigenvalue weighted by Crippen LogP contribution is -2.32. The van der Waals surface area contributed by atoms with E-state index in [0.717, 1.165) is 19.1 Å². The molecule has 0 amide bonds. The quantitative estimate of drug-likeness (QED) is 0.480. The number of hydrogen-bond donors (Lipinski definition) is 0. The highest BCUT2D eigenvalue weighted by atomic mass is 16.6. The van der Waals surface area contributed by atoms with Crippen molar-refractivity contribution in [3.05, 3.63) is 0 Å². The van der Waals surface area contributed by atoms with Crippen molar-refractivity contribution in [3.8, 4) is 0 Å². The zero-order chi connectivity index (χ0) is 9.68. The molecule has 1 rings (SSSR count). The molecule has 0 spiro atoms. The third-order valence-electron chi connectivity index (χ3n) is 2.02. The Morgan fingerprint density at radius 1 is 1.62 bits per heavy atom. The normalized spacial score (nSPS) is 28.1. The Kier molecular flexibility index (Phi) is 3.89. The van der Waals surface area contributed by atoms with Crippen LogP contribution >= 0.6 is 0 Å². The Morgan fingerprint density at radius 3 is 2.85 bits per heavy atom. The summed E-state index contributed by atoms with van der Waals surface area (Å²) in [5.74, 6) is -0.276. The minimum absolute atomic E-state index is 0.0179. The third-order valence-corrected chi connectivity index (χ3v) is 2.02. The van der Waals surface area contributed by atoms with Crippen molar-refractivity contribution in [3.63, 3.8) is 0 Å². The van der Waals surface area contributed by atoms with Crippen LogP contribution in [0.25, 0.3) is 0 Å². The van der Waals surface area contributed by atoms with Gasteiger partial charge in [-0.3, -0.25) is 4.79 Å². The van der Waals surface area contributed by atoms with Gasteiger partial charge < -0.3 is 14.3 Å². The predicted octanol–water partition coefficient (Wildman–Crippen LogP) is 0.686. The SMILES string of the molecule is CC(=O)OC1CCC(CC=O)OC1. The summed E-state index contributed by atoms with van der Waals surface area (Å²) in [6.45, 7) is 1.80. The van der Waals surface area contributed by atoms with Crippen LogP contribution in [0.4, 0.5) is 0 Å². The number of ether oxygens (including phenoxy) is 2. The van der Waals surface area contributed by atoms with E-state index in [9.17, 15) is 9.59 Å². The average molecular weight is 186 g/mol. The largest absolute Gasteiger partial charge is 0.460 e. The van der Waals surface area contributed by atoms with Gasteiger partial charge in [-0.2, -0.15) is 0 Å². The number of aldehydes is 1. The first kappa shape index (κ1) is 10.2. The van der Waals surface area contributed by atoms with Gasteiger partial charge in [0.1, 0.15) is 12.4 Å². The van der Waals surface area contributed by atoms with Crippen molar-refractivity contribution in [1.29, 1.82) is 0 Å². The average Bonchev–Trinajstić information content (AvgIpc) is 2.08. The van der Waals surface area contributed by atoms with E-state index in [2.05, 4.69) is 0 Å². The summed E-state index contributed by atoms with van der Waals surface area (Å²) in [6, 6.07) is 0.